The molecule has 2 heterocycles. The molecule has 4 nitrogen and oxygen atoms in total. The van der Waals surface area contributed by atoms with E-state index in [4.69, 9.17) is 5.84 Å². The number of hydrogen-bond acceptors (Lipinski definition) is 4. The van der Waals surface area contributed by atoms with E-state index in [-0.39, 0.29) is 6.04 Å². The maximum Gasteiger partial charge on any atom is 0.0596 e. The molecule has 3 N–H and O–H groups in total. The number of hydrogen-bond donors (Lipinski definition) is 2. The van der Waals surface area contributed by atoms with Gasteiger partial charge in [0.1, 0.15) is 0 Å². The van der Waals surface area contributed by atoms with Crippen LogP contribution in [0.15, 0.2) is 35.2 Å². The highest BCUT2D eigenvalue weighted by Gasteiger charge is 2.29. The Morgan fingerprint density at radius 1 is 1.50 bits per heavy atom. The molecule has 1 aliphatic heterocycles. The number of benzene rings is 1. The second kappa shape index (κ2) is 5.60. The molecule has 0 saturated carbocycles. The molecule has 1 aromatic heterocycles. The second-order valence-electron chi connectivity index (χ2n) is 5.35. The van der Waals surface area contributed by atoms with Crippen LogP contribution in [0.2, 0.25) is 0 Å². The Hall–Kier alpha value is -1.30. The summed E-state index contributed by atoms with van der Waals surface area (Å²) in [5.41, 5.74) is 6.72. The molecule has 2 aromatic rings. The third-order valence-electron chi connectivity index (χ3n) is 3.86. The second-order valence-corrected chi connectivity index (χ2v) is 6.63. The van der Waals surface area contributed by atoms with Gasteiger partial charge in [-0.1, -0.05) is 18.2 Å². The van der Waals surface area contributed by atoms with Crippen LogP contribution in [0.1, 0.15) is 17.0 Å². The van der Waals surface area contributed by atoms with Gasteiger partial charge in [0.2, 0.25) is 0 Å². The fourth-order valence-corrected chi connectivity index (χ4v) is 4.20. The Labute approximate surface area is 123 Å². The third kappa shape index (κ3) is 2.61. The lowest BCUT2D eigenvalue weighted by Gasteiger charge is -2.21. The highest BCUT2D eigenvalue weighted by Crippen LogP contribution is 2.38. The molecule has 0 amide bonds. The van der Waals surface area contributed by atoms with E-state index < -0.39 is 0 Å². The van der Waals surface area contributed by atoms with Gasteiger partial charge in [0.25, 0.3) is 0 Å². The Morgan fingerprint density at radius 3 is 2.95 bits per heavy atom. The maximum atomic E-state index is 5.80. The van der Waals surface area contributed by atoms with E-state index in [1.807, 2.05) is 30.4 Å². The highest BCUT2D eigenvalue weighted by atomic mass is 32.2. The first-order valence-electron chi connectivity index (χ1n) is 6.87. The molecule has 1 aliphatic rings. The van der Waals surface area contributed by atoms with Gasteiger partial charge in [0.05, 0.1) is 5.69 Å². The normalized spacial score (nSPS) is 19.1. The van der Waals surface area contributed by atoms with Gasteiger partial charge in [-0.25, -0.2) is 0 Å². The minimum absolute atomic E-state index is 0.252. The molecule has 0 bridgehead atoms. The molecular formula is C15H20N4S. The summed E-state index contributed by atoms with van der Waals surface area (Å²) >= 11 is 1.93. The zero-order valence-electron chi connectivity index (χ0n) is 11.8. The molecule has 0 aliphatic carbocycles. The molecule has 0 radical (unpaired) electrons. The van der Waals surface area contributed by atoms with Crippen molar-refractivity contribution in [2.45, 2.75) is 36.0 Å². The summed E-state index contributed by atoms with van der Waals surface area (Å²) in [5.74, 6) is 5.80. The van der Waals surface area contributed by atoms with Crippen molar-refractivity contribution in [3.63, 3.8) is 0 Å². The van der Waals surface area contributed by atoms with Gasteiger partial charge in [-0.2, -0.15) is 5.10 Å². The largest absolute Gasteiger partial charge is 0.272 e. The van der Waals surface area contributed by atoms with Crippen LogP contribution in [0.4, 0.5) is 0 Å². The van der Waals surface area contributed by atoms with Crippen molar-refractivity contribution in [3.8, 4) is 0 Å². The number of aromatic nitrogens is 2. The van der Waals surface area contributed by atoms with Crippen molar-refractivity contribution in [3.05, 3.63) is 47.3 Å². The predicted molar refractivity (Wildman–Crippen MR) is 82.6 cm³/mol. The summed E-state index contributed by atoms with van der Waals surface area (Å²) < 4.78 is 1.95. The van der Waals surface area contributed by atoms with Crippen molar-refractivity contribution in [1.82, 2.24) is 15.2 Å². The maximum absolute atomic E-state index is 5.80. The Balaban J connectivity index is 1.74. The van der Waals surface area contributed by atoms with Crippen LogP contribution < -0.4 is 11.3 Å². The first kappa shape index (κ1) is 13.7. The Kier molecular flexibility index (Phi) is 3.83. The first-order chi connectivity index (χ1) is 9.67. The van der Waals surface area contributed by atoms with Crippen LogP contribution in [0.5, 0.6) is 0 Å². The van der Waals surface area contributed by atoms with Crippen molar-refractivity contribution >= 4 is 11.8 Å². The zero-order valence-corrected chi connectivity index (χ0v) is 12.7. The van der Waals surface area contributed by atoms with Gasteiger partial charge in [-0.15, -0.1) is 11.8 Å². The number of fused-ring (bicyclic) bond motifs is 1. The number of rotatable bonds is 4. The van der Waals surface area contributed by atoms with Gasteiger partial charge in [0, 0.05) is 35.3 Å². The minimum Gasteiger partial charge on any atom is -0.272 e. The number of nitrogens with zero attached hydrogens (tertiary/aromatic N) is 2. The highest BCUT2D eigenvalue weighted by molar-refractivity contribution is 8.00. The molecule has 2 unspecified atom stereocenters. The van der Waals surface area contributed by atoms with Crippen LogP contribution in [-0.2, 0) is 19.9 Å². The molecule has 3 rings (SSSR count). The van der Waals surface area contributed by atoms with Crippen LogP contribution in [-0.4, -0.2) is 21.1 Å². The number of nitrogens with two attached hydrogens (primary N) is 1. The number of hydrazine groups is 1. The Bertz CT molecular complexity index is 583. The molecule has 106 valence electrons. The average molecular weight is 288 g/mol. The molecular weight excluding hydrogens is 268 g/mol. The lowest BCUT2D eigenvalue weighted by atomic mass is 10.0. The fourth-order valence-electron chi connectivity index (χ4n) is 2.81. The van der Waals surface area contributed by atoms with Gasteiger partial charge in [0.15, 0.2) is 0 Å². The Morgan fingerprint density at radius 2 is 2.30 bits per heavy atom. The van der Waals surface area contributed by atoms with Gasteiger partial charge < -0.3 is 0 Å². The smallest absolute Gasteiger partial charge is 0.0596 e. The van der Waals surface area contributed by atoms with E-state index in [0.717, 1.165) is 18.5 Å². The summed E-state index contributed by atoms with van der Waals surface area (Å²) in [5, 5.41) is 4.89. The quantitative estimate of drug-likeness (QED) is 0.665. The van der Waals surface area contributed by atoms with Crippen LogP contribution >= 0.6 is 11.8 Å². The lowest BCUT2D eigenvalue weighted by Crippen LogP contribution is -2.44. The number of thioether (sulfide) groups is 1. The van der Waals surface area contributed by atoms with E-state index in [2.05, 4.69) is 40.9 Å². The number of nitrogens with one attached hydrogen (secondary N) is 1. The monoisotopic (exact) mass is 288 g/mol. The summed E-state index contributed by atoms with van der Waals surface area (Å²) in [6.45, 7) is 2.02. The summed E-state index contributed by atoms with van der Waals surface area (Å²) in [6, 6.07) is 11.0. The topological polar surface area (TPSA) is 55.9 Å². The van der Waals surface area contributed by atoms with Gasteiger partial charge in [-0.05, 0) is 31.0 Å². The minimum atomic E-state index is 0.252. The van der Waals surface area contributed by atoms with E-state index in [0.29, 0.717) is 5.25 Å². The van der Waals surface area contributed by atoms with E-state index in [1.54, 1.807) is 0 Å². The average Bonchev–Trinajstić information content (AvgIpc) is 2.99. The van der Waals surface area contributed by atoms with Crippen molar-refractivity contribution in [1.29, 1.82) is 0 Å². The van der Waals surface area contributed by atoms with Crippen molar-refractivity contribution < 1.29 is 0 Å². The summed E-state index contributed by atoms with van der Waals surface area (Å²) in [4.78, 5) is 1.39. The number of aryl methyl sites for hydroxylation is 2. The van der Waals surface area contributed by atoms with Crippen LogP contribution in [0.25, 0.3) is 0 Å². The molecule has 20 heavy (non-hydrogen) atoms. The lowest BCUT2D eigenvalue weighted by molar-refractivity contribution is 0.491. The summed E-state index contributed by atoms with van der Waals surface area (Å²) in [7, 11) is 1.99. The molecule has 0 saturated heterocycles. The SMILES string of the molecule is Cc1cc(CC(NN)C2Cc3ccccc3S2)n(C)n1. The van der Waals surface area contributed by atoms with Crippen molar-refractivity contribution in [2.75, 3.05) is 0 Å². The van der Waals surface area contributed by atoms with E-state index in [9.17, 15) is 0 Å². The zero-order chi connectivity index (χ0) is 14.1. The summed E-state index contributed by atoms with van der Waals surface area (Å²) in [6.07, 6.45) is 1.98. The van der Waals surface area contributed by atoms with Crippen LogP contribution in [0.3, 0.4) is 0 Å². The standard InChI is InChI=1S/C15H20N4S/c1-10-7-12(19(2)18-10)9-13(17-16)15-8-11-5-3-4-6-14(11)20-15/h3-7,13,15,17H,8-9,16H2,1-2H3. The van der Waals surface area contributed by atoms with Gasteiger partial charge >= 0.3 is 0 Å². The fraction of sp³-hybridized carbons (Fsp3) is 0.400. The van der Waals surface area contributed by atoms with Gasteiger partial charge in [-0.3, -0.25) is 16.0 Å². The van der Waals surface area contributed by atoms with Crippen LogP contribution in [0, 0.1) is 6.92 Å². The van der Waals surface area contributed by atoms with E-state index in [1.165, 1.54) is 16.2 Å². The molecule has 0 fully saturated rings. The molecule has 5 heteroatoms. The molecule has 1 aromatic carbocycles. The van der Waals surface area contributed by atoms with Crippen molar-refractivity contribution in [2.24, 2.45) is 12.9 Å². The van der Waals surface area contributed by atoms with E-state index >= 15 is 0 Å². The predicted octanol–water partition coefficient (Wildman–Crippen LogP) is 1.82. The first-order valence-corrected chi connectivity index (χ1v) is 7.75. The molecule has 0 spiro atoms. The molecule has 2 atom stereocenters. The third-order valence-corrected chi connectivity index (χ3v) is 5.31.